The average molecular weight is 335 g/mol. The molecule has 0 amide bonds. The minimum Gasteiger partial charge on any atom is -0.342 e. The van der Waals surface area contributed by atoms with Crippen LogP contribution in [0.3, 0.4) is 0 Å². The summed E-state index contributed by atoms with van der Waals surface area (Å²) in [5, 5.41) is 1.29. The summed E-state index contributed by atoms with van der Waals surface area (Å²) in [4.78, 5) is 1.35. The molecule has 1 aromatic carbocycles. The molecular weight excluding hydrogens is 320 g/mol. The fourth-order valence-corrected chi connectivity index (χ4v) is 3.92. The third-order valence-electron chi connectivity index (χ3n) is 3.24. The highest BCUT2D eigenvalue weighted by Gasteiger charge is 2.07. The minimum absolute atomic E-state index is 0.689. The number of para-hydroxylation sites is 1. The molecule has 0 fully saturated rings. The van der Waals surface area contributed by atoms with Gasteiger partial charge in [0.25, 0.3) is 0 Å². The second-order valence-electron chi connectivity index (χ2n) is 4.54. The summed E-state index contributed by atoms with van der Waals surface area (Å²) in [6.45, 7) is 1.61. The molecule has 3 rings (SSSR count). The average Bonchev–Trinajstić information content (AvgIpc) is 2.98. The van der Waals surface area contributed by atoms with Crippen LogP contribution in [0.4, 0.5) is 0 Å². The first-order valence-electron chi connectivity index (χ1n) is 6.29. The third kappa shape index (κ3) is 2.61. The van der Waals surface area contributed by atoms with E-state index in [0.717, 1.165) is 13.0 Å². The largest absolute Gasteiger partial charge is 0.342 e. The first kappa shape index (κ1) is 12.9. The quantitative estimate of drug-likeness (QED) is 0.767. The molecule has 0 aliphatic carbocycles. The summed E-state index contributed by atoms with van der Waals surface area (Å²) >= 11 is 5.30. The van der Waals surface area contributed by atoms with E-state index in [-0.39, 0.29) is 0 Å². The van der Waals surface area contributed by atoms with E-state index in [1.54, 1.807) is 11.3 Å². The van der Waals surface area contributed by atoms with E-state index in [9.17, 15) is 0 Å². The smallest absolute Gasteiger partial charge is 0.0702 e. The maximum Gasteiger partial charge on any atom is 0.0702 e. The van der Waals surface area contributed by atoms with E-state index in [2.05, 4.69) is 63.1 Å². The van der Waals surface area contributed by atoms with Crippen LogP contribution in [0.25, 0.3) is 10.9 Å². The van der Waals surface area contributed by atoms with Gasteiger partial charge in [0.15, 0.2) is 0 Å². The lowest BCUT2D eigenvalue weighted by Gasteiger charge is -2.08. The number of rotatable bonds is 4. The topological polar surface area (TPSA) is 30.9 Å². The lowest BCUT2D eigenvalue weighted by Crippen LogP contribution is -2.05. The van der Waals surface area contributed by atoms with Crippen molar-refractivity contribution < 1.29 is 0 Å². The highest BCUT2D eigenvalue weighted by molar-refractivity contribution is 9.11. The molecule has 0 aliphatic heterocycles. The van der Waals surface area contributed by atoms with Crippen LogP contribution in [0.5, 0.6) is 0 Å². The van der Waals surface area contributed by atoms with Gasteiger partial charge in [-0.2, -0.15) is 0 Å². The van der Waals surface area contributed by atoms with Gasteiger partial charge in [0.1, 0.15) is 0 Å². The summed E-state index contributed by atoms with van der Waals surface area (Å²) < 4.78 is 3.50. The molecule has 0 saturated carbocycles. The number of hydrogen-bond donors (Lipinski definition) is 1. The van der Waals surface area contributed by atoms with Crippen LogP contribution in [0.1, 0.15) is 10.4 Å². The Hall–Kier alpha value is -1.10. The Balaban J connectivity index is 2.03. The molecule has 0 unspecified atom stereocenters. The van der Waals surface area contributed by atoms with Gasteiger partial charge in [-0.05, 0) is 58.0 Å². The summed E-state index contributed by atoms with van der Waals surface area (Å²) in [7, 11) is 0. The Morgan fingerprint density at radius 1 is 1.16 bits per heavy atom. The third-order valence-corrected chi connectivity index (χ3v) is 4.85. The summed E-state index contributed by atoms with van der Waals surface area (Å²) in [6.07, 6.45) is 3.09. The van der Waals surface area contributed by atoms with E-state index < -0.39 is 0 Å². The Kier molecular flexibility index (Phi) is 3.73. The molecule has 98 valence electrons. The van der Waals surface area contributed by atoms with E-state index in [4.69, 9.17) is 5.73 Å². The van der Waals surface area contributed by atoms with Gasteiger partial charge in [-0.3, -0.25) is 0 Å². The van der Waals surface area contributed by atoms with E-state index in [1.165, 1.54) is 25.1 Å². The molecule has 2 nitrogen and oxygen atoms in total. The van der Waals surface area contributed by atoms with Crippen molar-refractivity contribution in [2.45, 2.75) is 13.0 Å². The Morgan fingerprint density at radius 3 is 2.79 bits per heavy atom. The molecule has 2 heterocycles. The van der Waals surface area contributed by atoms with Crippen molar-refractivity contribution in [3.8, 4) is 0 Å². The fraction of sp³-hybridized carbons (Fsp3) is 0.200. The lowest BCUT2D eigenvalue weighted by molar-refractivity contribution is 0.841. The van der Waals surface area contributed by atoms with Crippen LogP contribution >= 0.6 is 27.3 Å². The van der Waals surface area contributed by atoms with Crippen LogP contribution in [0.15, 0.2) is 46.4 Å². The standard InChI is InChI=1S/C15H15BrN2S/c16-14-5-4-13(19-14)10-18-9-7-12-3-1-2-11(6-8-17)15(12)18/h1-5,7,9H,6,8,10,17H2. The Labute approximate surface area is 125 Å². The zero-order valence-electron chi connectivity index (χ0n) is 10.5. The summed E-state index contributed by atoms with van der Waals surface area (Å²) in [5.41, 5.74) is 8.36. The van der Waals surface area contributed by atoms with Gasteiger partial charge >= 0.3 is 0 Å². The molecule has 0 saturated heterocycles. The van der Waals surface area contributed by atoms with E-state index >= 15 is 0 Å². The second-order valence-corrected chi connectivity index (χ2v) is 7.09. The van der Waals surface area contributed by atoms with Crippen LogP contribution in [0.2, 0.25) is 0 Å². The van der Waals surface area contributed by atoms with E-state index in [0.29, 0.717) is 6.54 Å². The first-order valence-corrected chi connectivity index (χ1v) is 7.90. The SMILES string of the molecule is NCCc1cccc2ccn(Cc3ccc(Br)s3)c12. The monoisotopic (exact) mass is 334 g/mol. The number of fused-ring (bicyclic) bond motifs is 1. The van der Waals surface area contributed by atoms with Gasteiger partial charge in [-0.15, -0.1) is 11.3 Å². The van der Waals surface area contributed by atoms with Gasteiger partial charge in [-0.25, -0.2) is 0 Å². The number of halogens is 1. The molecule has 0 atom stereocenters. The Morgan fingerprint density at radius 2 is 2.05 bits per heavy atom. The maximum atomic E-state index is 5.71. The van der Waals surface area contributed by atoms with Crippen LogP contribution in [-0.2, 0) is 13.0 Å². The number of hydrogen-bond acceptors (Lipinski definition) is 2. The van der Waals surface area contributed by atoms with Crippen molar-refractivity contribution in [3.63, 3.8) is 0 Å². The molecule has 19 heavy (non-hydrogen) atoms. The zero-order valence-corrected chi connectivity index (χ0v) is 12.9. The van der Waals surface area contributed by atoms with Gasteiger partial charge in [0, 0.05) is 11.1 Å². The molecule has 2 aromatic heterocycles. The zero-order chi connectivity index (χ0) is 13.2. The van der Waals surface area contributed by atoms with Crippen molar-refractivity contribution in [3.05, 3.63) is 56.8 Å². The first-order chi connectivity index (χ1) is 9.28. The fourth-order valence-electron chi connectivity index (χ4n) is 2.43. The van der Waals surface area contributed by atoms with Crippen LogP contribution in [0, 0.1) is 0 Å². The molecule has 0 radical (unpaired) electrons. The predicted octanol–water partition coefficient (Wildman–Crippen LogP) is 4.01. The van der Waals surface area contributed by atoms with Crippen molar-refractivity contribution in [1.82, 2.24) is 4.57 Å². The van der Waals surface area contributed by atoms with Gasteiger partial charge in [0.2, 0.25) is 0 Å². The van der Waals surface area contributed by atoms with Crippen molar-refractivity contribution in [1.29, 1.82) is 0 Å². The number of aromatic nitrogens is 1. The normalized spacial score (nSPS) is 11.3. The molecular formula is C15H15BrN2S. The molecule has 3 aromatic rings. The van der Waals surface area contributed by atoms with Gasteiger partial charge in [-0.1, -0.05) is 18.2 Å². The number of benzene rings is 1. The molecule has 0 spiro atoms. The second kappa shape index (κ2) is 5.49. The molecule has 4 heteroatoms. The number of nitrogens with zero attached hydrogens (tertiary/aromatic N) is 1. The minimum atomic E-state index is 0.689. The highest BCUT2D eigenvalue weighted by atomic mass is 79.9. The molecule has 0 aliphatic rings. The lowest BCUT2D eigenvalue weighted by atomic mass is 10.1. The van der Waals surface area contributed by atoms with Gasteiger partial charge in [0.05, 0.1) is 15.8 Å². The summed E-state index contributed by atoms with van der Waals surface area (Å²) in [6, 6.07) is 12.9. The van der Waals surface area contributed by atoms with Crippen molar-refractivity contribution in [2.24, 2.45) is 5.73 Å². The van der Waals surface area contributed by atoms with Gasteiger partial charge < -0.3 is 10.3 Å². The maximum absolute atomic E-state index is 5.71. The Bertz CT molecular complexity index is 699. The number of thiophene rings is 1. The predicted molar refractivity (Wildman–Crippen MR) is 85.8 cm³/mol. The van der Waals surface area contributed by atoms with Crippen molar-refractivity contribution in [2.75, 3.05) is 6.54 Å². The van der Waals surface area contributed by atoms with E-state index in [1.807, 2.05) is 0 Å². The summed E-state index contributed by atoms with van der Waals surface area (Å²) in [5.74, 6) is 0. The highest BCUT2D eigenvalue weighted by Crippen LogP contribution is 2.26. The van der Waals surface area contributed by atoms with Crippen LogP contribution in [-0.4, -0.2) is 11.1 Å². The van der Waals surface area contributed by atoms with Crippen molar-refractivity contribution >= 4 is 38.2 Å². The van der Waals surface area contributed by atoms with Crippen LogP contribution < -0.4 is 5.73 Å². The number of nitrogens with two attached hydrogens (primary N) is 1. The molecule has 2 N–H and O–H groups in total. The molecule has 0 bridgehead atoms.